The zero-order valence-corrected chi connectivity index (χ0v) is 10.5. The maximum Gasteiger partial charge on any atom is 0.178 e. The molecule has 0 saturated carbocycles. The lowest BCUT2D eigenvalue weighted by Crippen LogP contribution is -2.20. The highest BCUT2D eigenvalue weighted by Crippen LogP contribution is 2.21. The van der Waals surface area contributed by atoms with E-state index in [1.54, 1.807) is 12.1 Å². The Bertz CT molecular complexity index is 287. The smallest absolute Gasteiger partial charge is 0.178 e. The first-order valence-electron chi connectivity index (χ1n) is 3.64. The first-order chi connectivity index (χ1) is 6.13. The van der Waals surface area contributed by atoms with Gasteiger partial charge in [-0.15, -0.1) is 11.6 Å². The zero-order valence-electron chi connectivity index (χ0n) is 6.58. The Kier molecular flexibility index (Phi) is 4.42. The van der Waals surface area contributed by atoms with Crippen LogP contribution in [0.15, 0.2) is 30.3 Å². The molecule has 1 rings (SSSR count). The van der Waals surface area contributed by atoms with E-state index in [0.717, 1.165) is 0 Å². The minimum absolute atomic E-state index is 0.0162. The van der Waals surface area contributed by atoms with E-state index in [4.69, 9.17) is 11.6 Å². The number of carbonyl (C=O) groups excluding carboxylic acids is 1. The van der Waals surface area contributed by atoms with Crippen molar-refractivity contribution in [2.75, 3.05) is 0 Å². The third-order valence-electron chi connectivity index (χ3n) is 1.53. The monoisotopic (exact) mass is 324 g/mol. The van der Waals surface area contributed by atoms with Gasteiger partial charge in [-0.05, 0) is 0 Å². The maximum atomic E-state index is 11.6. The quantitative estimate of drug-likeness (QED) is 0.613. The summed E-state index contributed by atoms with van der Waals surface area (Å²) in [5.74, 6) is -0.0162. The molecule has 0 aliphatic heterocycles. The molecule has 1 aromatic rings. The van der Waals surface area contributed by atoms with Crippen molar-refractivity contribution in [2.45, 2.75) is 9.11 Å². The molecular formula is C9H7Br2ClO. The summed E-state index contributed by atoms with van der Waals surface area (Å²) in [7, 11) is 0. The molecule has 4 heteroatoms. The van der Waals surface area contributed by atoms with Gasteiger partial charge in [0.15, 0.2) is 5.78 Å². The lowest BCUT2D eigenvalue weighted by atomic mass is 10.1. The first-order valence-corrected chi connectivity index (χ1v) is 5.91. The summed E-state index contributed by atoms with van der Waals surface area (Å²) in [6.45, 7) is 0. The molecule has 0 aliphatic carbocycles. The second-order valence-electron chi connectivity index (χ2n) is 2.47. The van der Waals surface area contributed by atoms with Crippen molar-refractivity contribution in [1.82, 2.24) is 0 Å². The molecule has 0 bridgehead atoms. The fraction of sp³-hybridized carbons (Fsp3) is 0.222. The Labute approximate surface area is 98.7 Å². The number of carbonyl (C=O) groups is 1. The molecule has 0 aliphatic rings. The highest BCUT2D eigenvalue weighted by molar-refractivity contribution is 9.12. The number of alkyl halides is 3. The van der Waals surface area contributed by atoms with Crippen LogP contribution < -0.4 is 0 Å². The molecule has 1 aromatic carbocycles. The Balaban J connectivity index is 2.80. The molecule has 0 saturated heterocycles. The lowest BCUT2D eigenvalue weighted by molar-refractivity contribution is 0.0995. The summed E-state index contributed by atoms with van der Waals surface area (Å²) in [4.78, 5) is 11.2. The van der Waals surface area contributed by atoms with Crippen molar-refractivity contribution in [2.24, 2.45) is 0 Å². The standard InChI is InChI=1S/C9H7Br2ClO/c10-7(9(11)12)8(13)6-4-2-1-3-5-6/h1-5,7,9H. The van der Waals surface area contributed by atoms with Crippen LogP contribution >= 0.6 is 43.5 Å². The van der Waals surface area contributed by atoms with Crippen molar-refractivity contribution in [3.8, 4) is 0 Å². The second kappa shape index (κ2) is 5.13. The van der Waals surface area contributed by atoms with Gasteiger partial charge in [-0.3, -0.25) is 4.79 Å². The minimum atomic E-state index is -0.392. The van der Waals surface area contributed by atoms with Gasteiger partial charge >= 0.3 is 0 Å². The van der Waals surface area contributed by atoms with Crippen LogP contribution in [0.25, 0.3) is 0 Å². The van der Waals surface area contributed by atoms with Crippen LogP contribution in [0.4, 0.5) is 0 Å². The van der Waals surface area contributed by atoms with Crippen molar-refractivity contribution < 1.29 is 4.79 Å². The highest BCUT2D eigenvalue weighted by atomic mass is 79.9. The predicted octanol–water partition coefficient (Wildman–Crippen LogP) is 3.59. The van der Waals surface area contributed by atoms with E-state index in [1.807, 2.05) is 18.2 Å². The Morgan fingerprint density at radius 2 is 1.77 bits per heavy atom. The van der Waals surface area contributed by atoms with Gasteiger partial charge in [0, 0.05) is 5.56 Å². The van der Waals surface area contributed by atoms with Gasteiger partial charge in [0.2, 0.25) is 0 Å². The van der Waals surface area contributed by atoms with Crippen LogP contribution in [0.3, 0.4) is 0 Å². The topological polar surface area (TPSA) is 17.1 Å². The van der Waals surface area contributed by atoms with Crippen LogP contribution in [-0.2, 0) is 0 Å². The molecular weight excluding hydrogens is 319 g/mol. The van der Waals surface area contributed by atoms with Gasteiger partial charge in [-0.2, -0.15) is 0 Å². The van der Waals surface area contributed by atoms with Crippen molar-refractivity contribution in [3.63, 3.8) is 0 Å². The highest BCUT2D eigenvalue weighted by Gasteiger charge is 2.22. The SMILES string of the molecule is O=C(c1ccccc1)C(Br)C(Cl)Br. The van der Waals surface area contributed by atoms with Crippen molar-refractivity contribution >= 4 is 49.2 Å². The Morgan fingerprint density at radius 1 is 1.23 bits per heavy atom. The predicted molar refractivity (Wildman–Crippen MR) is 62.1 cm³/mol. The summed E-state index contributed by atoms with van der Waals surface area (Å²) in [6, 6.07) is 9.05. The van der Waals surface area contributed by atoms with E-state index >= 15 is 0 Å². The van der Waals surface area contributed by atoms with E-state index in [2.05, 4.69) is 31.9 Å². The number of ketones is 1. The van der Waals surface area contributed by atoms with Crippen LogP contribution in [0.2, 0.25) is 0 Å². The summed E-state index contributed by atoms with van der Waals surface area (Å²) in [5.41, 5.74) is 0.662. The number of hydrogen-bond acceptors (Lipinski definition) is 1. The summed E-state index contributed by atoms with van der Waals surface area (Å²) in [5, 5.41) is 0. The largest absolute Gasteiger partial charge is 0.293 e. The first kappa shape index (κ1) is 11.2. The molecule has 0 amide bonds. The normalized spacial score (nSPS) is 15.0. The number of hydrogen-bond donors (Lipinski definition) is 0. The van der Waals surface area contributed by atoms with E-state index in [0.29, 0.717) is 5.56 Å². The Morgan fingerprint density at radius 3 is 2.23 bits per heavy atom. The van der Waals surface area contributed by atoms with E-state index in [9.17, 15) is 4.79 Å². The van der Waals surface area contributed by atoms with Gasteiger partial charge in [0.25, 0.3) is 0 Å². The molecule has 13 heavy (non-hydrogen) atoms. The van der Waals surface area contributed by atoms with Crippen LogP contribution in [0, 0.1) is 0 Å². The summed E-state index contributed by atoms with van der Waals surface area (Å²) in [6.07, 6.45) is 0. The van der Waals surface area contributed by atoms with Crippen molar-refractivity contribution in [3.05, 3.63) is 35.9 Å². The molecule has 0 N–H and O–H groups in total. The fourth-order valence-electron chi connectivity index (χ4n) is 0.876. The molecule has 0 fully saturated rings. The average Bonchev–Trinajstić information content (AvgIpc) is 2.17. The van der Waals surface area contributed by atoms with Gasteiger partial charge in [-0.1, -0.05) is 62.2 Å². The lowest BCUT2D eigenvalue weighted by Gasteiger charge is -2.08. The van der Waals surface area contributed by atoms with Crippen LogP contribution in [-0.4, -0.2) is 14.9 Å². The fourth-order valence-corrected chi connectivity index (χ4v) is 1.49. The van der Waals surface area contributed by atoms with E-state index < -0.39 is 4.83 Å². The number of benzene rings is 1. The van der Waals surface area contributed by atoms with E-state index in [1.165, 1.54) is 0 Å². The van der Waals surface area contributed by atoms with Crippen molar-refractivity contribution in [1.29, 1.82) is 0 Å². The molecule has 2 unspecified atom stereocenters. The van der Waals surface area contributed by atoms with Gasteiger partial charge in [0.05, 0.1) is 0 Å². The summed E-state index contributed by atoms with van der Waals surface area (Å²) < 4.78 is -0.389. The van der Waals surface area contributed by atoms with Gasteiger partial charge in [-0.25, -0.2) is 0 Å². The van der Waals surface area contributed by atoms with Gasteiger partial charge < -0.3 is 0 Å². The second-order valence-corrected chi connectivity index (χ2v) is 5.44. The zero-order chi connectivity index (χ0) is 9.84. The number of Topliss-reactive ketones (excluding diaryl/α,β-unsaturated/α-hetero) is 1. The molecule has 1 nitrogen and oxygen atoms in total. The minimum Gasteiger partial charge on any atom is -0.293 e. The average molecular weight is 326 g/mol. The maximum absolute atomic E-state index is 11.6. The Hall–Kier alpha value is 0.140. The molecule has 0 aromatic heterocycles. The number of rotatable bonds is 3. The van der Waals surface area contributed by atoms with Gasteiger partial charge in [0.1, 0.15) is 9.11 Å². The third kappa shape index (κ3) is 3.08. The molecule has 70 valence electrons. The summed E-state index contributed by atoms with van der Waals surface area (Å²) >= 11 is 12.1. The number of halogens is 3. The molecule has 0 spiro atoms. The molecule has 2 atom stereocenters. The molecule has 0 radical (unpaired) electrons. The van der Waals surface area contributed by atoms with Crippen LogP contribution in [0.1, 0.15) is 10.4 Å². The molecule has 0 heterocycles. The van der Waals surface area contributed by atoms with Crippen LogP contribution in [0.5, 0.6) is 0 Å². The third-order valence-corrected chi connectivity index (χ3v) is 4.27. The van der Waals surface area contributed by atoms with E-state index in [-0.39, 0.29) is 10.1 Å².